The fourth-order valence-corrected chi connectivity index (χ4v) is 3.79. The average molecular weight is 569 g/mol. The van der Waals surface area contributed by atoms with E-state index in [9.17, 15) is 40.0 Å². The van der Waals surface area contributed by atoms with Crippen LogP contribution >= 0.6 is 0 Å². The molecule has 4 aromatic rings. The maximum absolute atomic E-state index is 13.0. The van der Waals surface area contributed by atoms with E-state index in [1.165, 1.54) is 12.1 Å². The number of hydrogen-bond acceptors (Lipinski definition) is 10. The lowest BCUT2D eigenvalue weighted by atomic mass is 9.95. The molecule has 0 atom stereocenters. The Hall–Kier alpha value is -6.44. The number of carbonyl (C=O) groups is 2. The quantitative estimate of drug-likeness (QED) is 0.131. The highest BCUT2D eigenvalue weighted by atomic mass is 16.6. The van der Waals surface area contributed by atoms with E-state index in [2.05, 4.69) is 21.1 Å². The summed E-state index contributed by atoms with van der Waals surface area (Å²) in [5.41, 5.74) is 5.12. The monoisotopic (exact) mass is 568 g/mol. The van der Waals surface area contributed by atoms with Crippen molar-refractivity contribution in [1.29, 1.82) is 0 Å². The number of nitrogens with zero attached hydrogens (tertiary/aromatic N) is 4. The number of carbonyl (C=O) groups excluding carboxylic acids is 2. The van der Waals surface area contributed by atoms with Gasteiger partial charge >= 0.3 is 0 Å². The number of amides is 2. The summed E-state index contributed by atoms with van der Waals surface area (Å²) in [6.07, 6.45) is 2.11. The molecule has 42 heavy (non-hydrogen) atoms. The highest BCUT2D eigenvalue weighted by Gasteiger charge is 2.18. The summed E-state index contributed by atoms with van der Waals surface area (Å²) in [6.45, 7) is 0. The van der Waals surface area contributed by atoms with Crippen molar-refractivity contribution in [2.24, 2.45) is 10.2 Å². The van der Waals surface area contributed by atoms with E-state index in [4.69, 9.17) is 0 Å². The Morgan fingerprint density at radius 2 is 1.02 bits per heavy atom. The minimum atomic E-state index is -0.666. The molecule has 0 unspecified atom stereocenters. The molecule has 0 fully saturated rings. The van der Waals surface area contributed by atoms with Crippen molar-refractivity contribution >= 4 is 35.6 Å². The summed E-state index contributed by atoms with van der Waals surface area (Å²) >= 11 is 0. The zero-order chi connectivity index (χ0) is 30.2. The topological polar surface area (TPSA) is 210 Å². The van der Waals surface area contributed by atoms with Gasteiger partial charge in [0, 0.05) is 46.5 Å². The largest absolute Gasteiger partial charge is 0.507 e. The van der Waals surface area contributed by atoms with Gasteiger partial charge in [0.2, 0.25) is 0 Å². The molecule has 210 valence electrons. The van der Waals surface area contributed by atoms with Gasteiger partial charge in [-0.25, -0.2) is 10.9 Å². The average Bonchev–Trinajstić information content (AvgIpc) is 2.98. The summed E-state index contributed by atoms with van der Waals surface area (Å²) in [6, 6.07) is 19.5. The Bertz CT molecular complexity index is 1640. The summed E-state index contributed by atoms with van der Waals surface area (Å²) in [4.78, 5) is 46.7. The molecule has 4 aromatic carbocycles. The first kappa shape index (κ1) is 28.6. The van der Waals surface area contributed by atoms with Crippen LogP contribution in [0.25, 0.3) is 11.1 Å². The van der Waals surface area contributed by atoms with Gasteiger partial charge in [-0.1, -0.05) is 36.4 Å². The van der Waals surface area contributed by atoms with E-state index in [-0.39, 0.29) is 45.1 Å². The Labute approximate surface area is 236 Å². The fourth-order valence-electron chi connectivity index (χ4n) is 3.79. The number of hydrogen-bond donors (Lipinski definition) is 4. The van der Waals surface area contributed by atoms with E-state index >= 15 is 0 Å². The minimum absolute atomic E-state index is 0.0128. The van der Waals surface area contributed by atoms with Gasteiger partial charge in [0.1, 0.15) is 11.5 Å². The van der Waals surface area contributed by atoms with Crippen molar-refractivity contribution < 1.29 is 29.6 Å². The number of nitro groups is 2. The van der Waals surface area contributed by atoms with Crippen LogP contribution in [0.5, 0.6) is 11.5 Å². The molecule has 4 rings (SSSR count). The Morgan fingerprint density at radius 3 is 1.40 bits per heavy atom. The van der Waals surface area contributed by atoms with Gasteiger partial charge in [0.25, 0.3) is 23.2 Å². The molecular weight excluding hydrogens is 548 g/mol. The number of phenolic OH excluding ortho intramolecular Hbond substituents is 2. The molecule has 0 aliphatic carbocycles. The molecule has 0 aliphatic heterocycles. The van der Waals surface area contributed by atoms with Crippen LogP contribution in [0, 0.1) is 20.2 Å². The predicted molar refractivity (Wildman–Crippen MR) is 152 cm³/mol. The van der Waals surface area contributed by atoms with Gasteiger partial charge < -0.3 is 10.2 Å². The van der Waals surface area contributed by atoms with Crippen LogP contribution in [0.2, 0.25) is 0 Å². The zero-order valence-electron chi connectivity index (χ0n) is 21.4. The Balaban J connectivity index is 1.55. The van der Waals surface area contributed by atoms with Gasteiger partial charge in [-0.15, -0.1) is 0 Å². The minimum Gasteiger partial charge on any atom is -0.507 e. The Morgan fingerprint density at radius 1 is 0.643 bits per heavy atom. The second-order valence-electron chi connectivity index (χ2n) is 8.49. The van der Waals surface area contributed by atoms with Gasteiger partial charge in [-0.3, -0.25) is 29.8 Å². The standard InChI is InChI=1S/C28H20N6O8/c35-25-11-9-19(33(39)40)13-17(25)15-29-31-27(37)23-7-3-1-5-21(23)22-6-2-4-8-24(22)28(38)32-30-16-18-14-20(34(41)42)10-12-26(18)36/h1-16,35-36H,(H,31,37)(H,32,38)/b29-15+,30-16+. The predicted octanol–water partition coefficient (Wildman–Crippen LogP) is 4.11. The summed E-state index contributed by atoms with van der Waals surface area (Å²) in [5.74, 6) is -1.88. The van der Waals surface area contributed by atoms with E-state index in [1.807, 2.05) is 0 Å². The van der Waals surface area contributed by atoms with Crippen LogP contribution in [0.15, 0.2) is 95.1 Å². The maximum Gasteiger partial charge on any atom is 0.271 e. The molecule has 0 bridgehead atoms. The van der Waals surface area contributed by atoms with Gasteiger partial charge in [0.15, 0.2) is 0 Å². The molecule has 0 spiro atoms. The normalized spacial score (nSPS) is 11.0. The fraction of sp³-hybridized carbons (Fsp3) is 0. The van der Waals surface area contributed by atoms with Gasteiger partial charge in [-0.2, -0.15) is 10.2 Å². The van der Waals surface area contributed by atoms with Crippen molar-refractivity contribution in [2.75, 3.05) is 0 Å². The van der Waals surface area contributed by atoms with Crippen LogP contribution in [0.4, 0.5) is 11.4 Å². The van der Waals surface area contributed by atoms with E-state index in [0.29, 0.717) is 11.1 Å². The molecule has 0 radical (unpaired) electrons. The number of rotatable bonds is 9. The number of nitro benzene ring substituents is 2. The number of aromatic hydroxyl groups is 2. The van der Waals surface area contributed by atoms with Crippen molar-refractivity contribution in [3.8, 4) is 22.6 Å². The molecule has 0 aromatic heterocycles. The number of phenols is 2. The lowest BCUT2D eigenvalue weighted by Crippen LogP contribution is -2.20. The van der Waals surface area contributed by atoms with Crippen molar-refractivity contribution in [1.82, 2.24) is 10.9 Å². The first-order valence-electron chi connectivity index (χ1n) is 12.0. The van der Waals surface area contributed by atoms with Crippen LogP contribution in [0.3, 0.4) is 0 Å². The second-order valence-corrected chi connectivity index (χ2v) is 8.49. The summed E-state index contributed by atoms with van der Waals surface area (Å²) in [7, 11) is 0. The first-order valence-corrected chi connectivity index (χ1v) is 12.0. The highest BCUT2D eigenvalue weighted by Crippen LogP contribution is 2.28. The molecule has 0 saturated carbocycles. The number of hydrazone groups is 2. The zero-order valence-corrected chi connectivity index (χ0v) is 21.4. The van der Waals surface area contributed by atoms with Crippen molar-refractivity contribution in [2.45, 2.75) is 0 Å². The first-order chi connectivity index (χ1) is 20.2. The third kappa shape index (κ3) is 6.58. The molecular formula is C28H20N6O8. The molecule has 14 nitrogen and oxygen atoms in total. The molecule has 0 aliphatic rings. The second kappa shape index (κ2) is 12.6. The lowest BCUT2D eigenvalue weighted by Gasteiger charge is -2.12. The number of nitrogens with one attached hydrogen (secondary N) is 2. The van der Waals surface area contributed by atoms with E-state index < -0.39 is 21.7 Å². The maximum atomic E-state index is 13.0. The van der Waals surface area contributed by atoms with E-state index in [1.54, 1.807) is 36.4 Å². The van der Waals surface area contributed by atoms with Crippen LogP contribution < -0.4 is 10.9 Å². The molecule has 14 heteroatoms. The molecule has 0 heterocycles. The third-order valence-electron chi connectivity index (χ3n) is 5.82. The summed E-state index contributed by atoms with van der Waals surface area (Å²) < 4.78 is 0. The van der Waals surface area contributed by atoms with Gasteiger partial charge in [0.05, 0.1) is 22.3 Å². The SMILES string of the molecule is O=C(N/N=C/c1cc([N+](=O)[O-])ccc1O)c1ccccc1-c1ccccc1C(=O)N/N=C/c1cc([N+](=O)[O-])ccc1O. The number of benzene rings is 4. The smallest absolute Gasteiger partial charge is 0.271 e. The molecule has 0 saturated heterocycles. The third-order valence-corrected chi connectivity index (χ3v) is 5.82. The lowest BCUT2D eigenvalue weighted by molar-refractivity contribution is -0.385. The van der Waals surface area contributed by atoms with Crippen LogP contribution in [-0.4, -0.2) is 44.3 Å². The summed E-state index contributed by atoms with van der Waals surface area (Å²) in [5, 5.41) is 49.4. The van der Waals surface area contributed by atoms with Crippen molar-refractivity contribution in [3.05, 3.63) is 127 Å². The van der Waals surface area contributed by atoms with E-state index in [0.717, 1.165) is 48.8 Å². The van der Waals surface area contributed by atoms with Crippen LogP contribution in [0.1, 0.15) is 31.8 Å². The molecule has 2 amide bonds. The Kier molecular flexibility index (Phi) is 8.58. The van der Waals surface area contributed by atoms with Crippen LogP contribution in [-0.2, 0) is 0 Å². The van der Waals surface area contributed by atoms with Crippen molar-refractivity contribution in [3.63, 3.8) is 0 Å². The highest BCUT2D eigenvalue weighted by molar-refractivity contribution is 6.06. The molecule has 4 N–H and O–H groups in total. The van der Waals surface area contributed by atoms with Gasteiger partial charge in [-0.05, 0) is 35.4 Å². The number of non-ortho nitro benzene ring substituents is 2.